The molecule has 0 atom stereocenters. The van der Waals surface area contributed by atoms with Gasteiger partial charge in [-0.15, -0.1) is 0 Å². The van der Waals surface area contributed by atoms with Gasteiger partial charge < -0.3 is 19.9 Å². The molecule has 0 spiro atoms. The van der Waals surface area contributed by atoms with Crippen LogP contribution in [0, 0.1) is 20.8 Å². The van der Waals surface area contributed by atoms with Crippen molar-refractivity contribution in [3.63, 3.8) is 0 Å². The van der Waals surface area contributed by atoms with Gasteiger partial charge in [0.1, 0.15) is 17.3 Å². The summed E-state index contributed by atoms with van der Waals surface area (Å²) in [4.78, 5) is 8.89. The molecule has 1 aromatic carbocycles. The number of nitrogens with one attached hydrogen (secondary N) is 2. The van der Waals surface area contributed by atoms with Crippen molar-refractivity contribution in [1.29, 1.82) is 0 Å². The fourth-order valence-corrected chi connectivity index (χ4v) is 2.28. The SMILES string of the molecule is COc1ccc(C)cc1Nc1nc(C)cc(Nc2cc(C)on2)n1. The van der Waals surface area contributed by atoms with E-state index in [-0.39, 0.29) is 0 Å². The third-order valence-electron chi connectivity index (χ3n) is 3.34. The fourth-order valence-electron chi connectivity index (χ4n) is 2.28. The number of methoxy groups -OCH3 is 1. The van der Waals surface area contributed by atoms with Crippen LogP contribution in [-0.2, 0) is 0 Å². The van der Waals surface area contributed by atoms with Gasteiger partial charge in [-0.25, -0.2) is 4.98 Å². The van der Waals surface area contributed by atoms with E-state index in [1.54, 1.807) is 13.2 Å². The fraction of sp³-hybridized carbons (Fsp3) is 0.235. The van der Waals surface area contributed by atoms with Gasteiger partial charge in [-0.05, 0) is 38.5 Å². The van der Waals surface area contributed by atoms with Crippen LogP contribution in [0.4, 0.5) is 23.3 Å². The largest absolute Gasteiger partial charge is 0.495 e. The normalized spacial score (nSPS) is 10.5. The highest BCUT2D eigenvalue weighted by Gasteiger charge is 2.09. The Kier molecular flexibility index (Phi) is 4.33. The maximum absolute atomic E-state index is 5.38. The first kappa shape index (κ1) is 15.8. The zero-order chi connectivity index (χ0) is 17.1. The Morgan fingerprint density at radius 2 is 1.79 bits per heavy atom. The average Bonchev–Trinajstić information content (AvgIpc) is 2.92. The molecule has 7 heteroatoms. The van der Waals surface area contributed by atoms with Gasteiger partial charge in [0.05, 0.1) is 12.8 Å². The van der Waals surface area contributed by atoms with E-state index in [9.17, 15) is 0 Å². The minimum absolute atomic E-state index is 0.474. The van der Waals surface area contributed by atoms with Crippen LogP contribution < -0.4 is 15.4 Å². The summed E-state index contributed by atoms with van der Waals surface area (Å²) >= 11 is 0. The van der Waals surface area contributed by atoms with Crippen LogP contribution in [0.2, 0.25) is 0 Å². The van der Waals surface area contributed by atoms with Gasteiger partial charge in [-0.3, -0.25) is 0 Å². The molecule has 0 unspecified atom stereocenters. The molecule has 0 radical (unpaired) electrons. The van der Waals surface area contributed by atoms with Crippen LogP contribution in [0.5, 0.6) is 5.75 Å². The van der Waals surface area contributed by atoms with E-state index in [4.69, 9.17) is 9.26 Å². The van der Waals surface area contributed by atoms with Crippen molar-refractivity contribution >= 4 is 23.3 Å². The van der Waals surface area contributed by atoms with E-state index in [0.29, 0.717) is 17.6 Å². The summed E-state index contributed by atoms with van der Waals surface area (Å²) in [5.41, 5.74) is 2.75. The first-order chi connectivity index (χ1) is 11.5. The molecule has 3 aromatic rings. The average molecular weight is 325 g/mol. The zero-order valence-electron chi connectivity index (χ0n) is 14.0. The summed E-state index contributed by atoms with van der Waals surface area (Å²) < 4.78 is 10.4. The number of anilines is 4. The molecule has 2 N–H and O–H groups in total. The second-order valence-electron chi connectivity index (χ2n) is 5.49. The van der Waals surface area contributed by atoms with Gasteiger partial charge in [0.25, 0.3) is 0 Å². The number of hydrogen-bond acceptors (Lipinski definition) is 7. The van der Waals surface area contributed by atoms with E-state index in [2.05, 4.69) is 25.8 Å². The van der Waals surface area contributed by atoms with E-state index in [1.807, 2.05) is 45.0 Å². The first-order valence-electron chi connectivity index (χ1n) is 7.51. The number of aryl methyl sites for hydroxylation is 3. The summed E-state index contributed by atoms with van der Waals surface area (Å²) in [5, 5.41) is 10.2. The molecule has 0 bridgehead atoms. The third kappa shape index (κ3) is 3.62. The molecule has 124 valence electrons. The van der Waals surface area contributed by atoms with Crippen LogP contribution in [0.25, 0.3) is 0 Å². The minimum Gasteiger partial charge on any atom is -0.495 e. The van der Waals surface area contributed by atoms with Gasteiger partial charge in [0.2, 0.25) is 5.95 Å². The molecule has 0 fully saturated rings. The highest BCUT2D eigenvalue weighted by atomic mass is 16.5. The molecule has 0 saturated carbocycles. The number of aromatic nitrogens is 3. The predicted octanol–water partition coefficient (Wildman–Crippen LogP) is 3.89. The summed E-state index contributed by atoms with van der Waals surface area (Å²) in [5.74, 6) is 3.16. The van der Waals surface area contributed by atoms with Crippen LogP contribution in [0.15, 0.2) is 34.9 Å². The Labute approximate surface area is 140 Å². The molecule has 24 heavy (non-hydrogen) atoms. The van der Waals surface area contributed by atoms with Gasteiger partial charge >= 0.3 is 0 Å². The molecule has 0 saturated heterocycles. The molecule has 0 amide bonds. The lowest BCUT2D eigenvalue weighted by atomic mass is 10.2. The van der Waals surface area contributed by atoms with Crippen molar-refractivity contribution in [2.24, 2.45) is 0 Å². The van der Waals surface area contributed by atoms with Crippen molar-refractivity contribution in [1.82, 2.24) is 15.1 Å². The molecular weight excluding hydrogens is 306 g/mol. The Morgan fingerprint density at radius 3 is 2.50 bits per heavy atom. The lowest BCUT2D eigenvalue weighted by Gasteiger charge is -2.12. The molecule has 3 rings (SSSR count). The summed E-state index contributed by atoms with van der Waals surface area (Å²) in [6.45, 7) is 5.75. The van der Waals surface area contributed by atoms with Crippen molar-refractivity contribution in [2.75, 3.05) is 17.7 Å². The Morgan fingerprint density at radius 1 is 0.958 bits per heavy atom. The van der Waals surface area contributed by atoms with E-state index >= 15 is 0 Å². The number of ether oxygens (including phenoxy) is 1. The molecule has 0 aliphatic carbocycles. The number of rotatable bonds is 5. The topological polar surface area (TPSA) is 85.1 Å². The van der Waals surface area contributed by atoms with Gasteiger partial charge in [-0.2, -0.15) is 4.98 Å². The summed E-state index contributed by atoms with van der Waals surface area (Å²) in [6.07, 6.45) is 0. The number of hydrogen-bond donors (Lipinski definition) is 2. The van der Waals surface area contributed by atoms with E-state index < -0.39 is 0 Å². The van der Waals surface area contributed by atoms with Gasteiger partial charge in [-0.1, -0.05) is 11.2 Å². The molecule has 7 nitrogen and oxygen atoms in total. The van der Waals surface area contributed by atoms with Crippen molar-refractivity contribution in [3.05, 3.63) is 47.3 Å². The summed E-state index contributed by atoms with van der Waals surface area (Å²) in [7, 11) is 1.63. The second kappa shape index (κ2) is 6.57. The Balaban J connectivity index is 1.87. The van der Waals surface area contributed by atoms with Crippen molar-refractivity contribution < 1.29 is 9.26 Å². The second-order valence-corrected chi connectivity index (χ2v) is 5.49. The van der Waals surface area contributed by atoms with Crippen LogP contribution in [-0.4, -0.2) is 22.2 Å². The van der Waals surface area contributed by atoms with Gasteiger partial charge in [0.15, 0.2) is 5.82 Å². The van der Waals surface area contributed by atoms with Crippen LogP contribution in [0.1, 0.15) is 17.0 Å². The molecule has 2 aromatic heterocycles. The highest BCUT2D eigenvalue weighted by Crippen LogP contribution is 2.28. The lowest BCUT2D eigenvalue weighted by molar-refractivity contribution is 0.400. The molecule has 0 aliphatic heterocycles. The number of benzene rings is 1. The molecule has 2 heterocycles. The Hall–Kier alpha value is -3.09. The zero-order valence-corrected chi connectivity index (χ0v) is 14.0. The van der Waals surface area contributed by atoms with Crippen molar-refractivity contribution in [2.45, 2.75) is 20.8 Å². The van der Waals surface area contributed by atoms with Crippen LogP contribution >= 0.6 is 0 Å². The maximum atomic E-state index is 5.38. The Bertz CT molecular complexity index is 860. The van der Waals surface area contributed by atoms with Crippen LogP contribution in [0.3, 0.4) is 0 Å². The minimum atomic E-state index is 0.474. The first-order valence-corrected chi connectivity index (χ1v) is 7.51. The summed E-state index contributed by atoms with van der Waals surface area (Å²) in [6, 6.07) is 9.52. The molecule has 0 aliphatic rings. The quantitative estimate of drug-likeness (QED) is 0.736. The third-order valence-corrected chi connectivity index (χ3v) is 3.34. The van der Waals surface area contributed by atoms with E-state index in [1.165, 1.54) is 0 Å². The highest BCUT2D eigenvalue weighted by molar-refractivity contribution is 5.65. The predicted molar refractivity (Wildman–Crippen MR) is 92.3 cm³/mol. The maximum Gasteiger partial charge on any atom is 0.229 e. The van der Waals surface area contributed by atoms with E-state index in [0.717, 1.165) is 28.5 Å². The smallest absolute Gasteiger partial charge is 0.229 e. The monoisotopic (exact) mass is 325 g/mol. The number of nitrogens with zero attached hydrogens (tertiary/aromatic N) is 3. The van der Waals surface area contributed by atoms with Gasteiger partial charge in [0, 0.05) is 17.8 Å². The molecular formula is C17H19N5O2. The lowest BCUT2D eigenvalue weighted by Crippen LogP contribution is -2.03. The van der Waals surface area contributed by atoms with Crippen molar-refractivity contribution in [3.8, 4) is 5.75 Å². The standard InChI is InChI=1S/C17H19N5O2/c1-10-5-6-14(23-4)13(7-10)19-17-18-11(2)8-15(21-17)20-16-9-12(3)24-22-16/h5-9H,1-4H3,(H2,18,19,20,21,22).